The molecule has 0 aliphatic heterocycles. The number of thiazole rings is 1. The van der Waals surface area contributed by atoms with E-state index in [4.69, 9.17) is 16.3 Å². The first kappa shape index (κ1) is 22.5. The van der Waals surface area contributed by atoms with Gasteiger partial charge in [-0.15, -0.1) is 11.3 Å². The van der Waals surface area contributed by atoms with Gasteiger partial charge in [0, 0.05) is 23.1 Å². The quantitative estimate of drug-likeness (QED) is 0.430. The van der Waals surface area contributed by atoms with Gasteiger partial charge in [-0.25, -0.2) is 4.98 Å². The molecule has 2 heterocycles. The molecule has 0 unspecified atom stereocenters. The summed E-state index contributed by atoms with van der Waals surface area (Å²) in [5.41, 5.74) is 2.04. The number of anilines is 1. The lowest BCUT2D eigenvalue weighted by Crippen LogP contribution is -2.26. The van der Waals surface area contributed by atoms with Gasteiger partial charge in [0.1, 0.15) is 11.3 Å². The number of hydrogen-bond acceptors (Lipinski definition) is 4. The summed E-state index contributed by atoms with van der Waals surface area (Å²) in [6, 6.07) is 11.6. The van der Waals surface area contributed by atoms with Crippen molar-refractivity contribution in [2.24, 2.45) is 0 Å². The second-order valence-electron chi connectivity index (χ2n) is 7.95. The van der Waals surface area contributed by atoms with Gasteiger partial charge in [-0.1, -0.05) is 29.8 Å². The molecule has 0 bridgehead atoms. The van der Waals surface area contributed by atoms with Crippen molar-refractivity contribution in [3.63, 3.8) is 0 Å². The molecule has 1 aromatic carbocycles. The van der Waals surface area contributed by atoms with Crippen LogP contribution in [0.2, 0.25) is 5.02 Å². The van der Waals surface area contributed by atoms with E-state index in [-0.39, 0.29) is 12.0 Å². The van der Waals surface area contributed by atoms with E-state index in [2.05, 4.69) is 10.3 Å². The molecule has 3 rings (SSSR count). The molecule has 2 aromatic heterocycles. The van der Waals surface area contributed by atoms with Gasteiger partial charge in [0.2, 0.25) is 0 Å². The molecule has 0 aliphatic rings. The molecular weight excluding hydrogens is 418 g/mol. The fourth-order valence-electron chi connectivity index (χ4n) is 3.37. The predicted molar refractivity (Wildman–Crippen MR) is 124 cm³/mol. The van der Waals surface area contributed by atoms with Crippen LogP contribution in [0.1, 0.15) is 55.9 Å². The Hall–Kier alpha value is -2.15. The van der Waals surface area contributed by atoms with E-state index in [0.29, 0.717) is 10.8 Å². The van der Waals surface area contributed by atoms with Gasteiger partial charge >= 0.3 is 0 Å². The van der Waals surface area contributed by atoms with E-state index in [1.165, 1.54) is 11.3 Å². The zero-order valence-corrected chi connectivity index (χ0v) is 19.4. The molecule has 30 heavy (non-hydrogen) atoms. The van der Waals surface area contributed by atoms with Crippen LogP contribution in [0.4, 0.5) is 5.13 Å². The normalized spacial score (nSPS) is 11.8. The molecule has 7 heteroatoms. The third kappa shape index (κ3) is 5.72. The summed E-state index contributed by atoms with van der Waals surface area (Å²) in [5, 5.41) is 6.20. The maximum Gasteiger partial charge on any atom is 0.274 e. The second kappa shape index (κ2) is 9.77. The number of amides is 1. The first-order valence-electron chi connectivity index (χ1n) is 10.1. The molecule has 5 nitrogen and oxygen atoms in total. The Balaban J connectivity index is 1.61. The average molecular weight is 446 g/mol. The van der Waals surface area contributed by atoms with Gasteiger partial charge in [0.25, 0.3) is 5.91 Å². The summed E-state index contributed by atoms with van der Waals surface area (Å²) in [6.45, 7) is 8.70. The summed E-state index contributed by atoms with van der Waals surface area (Å²) in [5.74, 6) is -0.166. The van der Waals surface area contributed by atoms with Crippen molar-refractivity contribution >= 4 is 34.0 Å². The summed E-state index contributed by atoms with van der Waals surface area (Å²) in [4.78, 5) is 17.4. The van der Waals surface area contributed by atoms with Crippen LogP contribution in [0.5, 0.6) is 0 Å². The standard InChI is InChI=1S/C23H28ClN3O2S/c1-16(2)29-23(3,4)20-15-30-22(25-20)26-21(28)19-12-8-14-27(19)13-7-10-17-9-5-6-11-18(17)24/h5-6,8-9,11-12,14-16H,7,10,13H2,1-4H3,(H,25,26,28). The van der Waals surface area contributed by atoms with E-state index >= 15 is 0 Å². The zero-order chi connectivity index (χ0) is 21.7. The first-order valence-corrected chi connectivity index (χ1v) is 11.4. The fourth-order valence-corrected chi connectivity index (χ4v) is 4.47. The maximum atomic E-state index is 12.8. The van der Waals surface area contributed by atoms with Crippen molar-refractivity contribution in [1.82, 2.24) is 9.55 Å². The molecule has 0 fully saturated rings. The van der Waals surface area contributed by atoms with Crippen molar-refractivity contribution in [3.05, 3.63) is 69.9 Å². The first-order chi connectivity index (χ1) is 14.3. The van der Waals surface area contributed by atoms with Crippen LogP contribution in [0.25, 0.3) is 0 Å². The third-order valence-electron chi connectivity index (χ3n) is 4.74. The van der Waals surface area contributed by atoms with Crippen molar-refractivity contribution in [3.8, 4) is 0 Å². The Morgan fingerprint density at radius 3 is 2.77 bits per heavy atom. The van der Waals surface area contributed by atoms with Crippen molar-refractivity contribution in [2.75, 3.05) is 5.32 Å². The zero-order valence-electron chi connectivity index (χ0n) is 17.8. The average Bonchev–Trinajstić information content (AvgIpc) is 3.32. The predicted octanol–water partition coefficient (Wildman–Crippen LogP) is 6.14. The van der Waals surface area contributed by atoms with Crippen LogP contribution in [-0.2, 0) is 23.3 Å². The molecule has 0 aliphatic carbocycles. The van der Waals surface area contributed by atoms with Crippen LogP contribution in [0.3, 0.4) is 0 Å². The number of nitrogens with one attached hydrogen (secondary N) is 1. The van der Waals surface area contributed by atoms with Gasteiger partial charge < -0.3 is 9.30 Å². The number of nitrogens with zero attached hydrogens (tertiary/aromatic N) is 2. The lowest BCUT2D eigenvalue weighted by molar-refractivity contribution is -0.0623. The Labute approximate surface area is 187 Å². The van der Waals surface area contributed by atoms with Gasteiger partial charge in [0.15, 0.2) is 5.13 Å². The molecule has 0 spiro atoms. The number of ether oxygens (including phenoxy) is 1. The maximum absolute atomic E-state index is 12.8. The number of rotatable bonds is 9. The molecule has 1 amide bonds. The highest BCUT2D eigenvalue weighted by Crippen LogP contribution is 2.29. The number of aryl methyl sites for hydroxylation is 2. The number of carbonyl (C=O) groups excluding carboxylic acids is 1. The Bertz CT molecular complexity index is 994. The fraction of sp³-hybridized carbons (Fsp3) is 0.391. The lowest BCUT2D eigenvalue weighted by atomic mass is 10.1. The third-order valence-corrected chi connectivity index (χ3v) is 5.86. The molecule has 3 aromatic rings. The number of halogens is 1. The molecule has 1 N–H and O–H groups in total. The molecule has 160 valence electrons. The van der Waals surface area contributed by atoms with E-state index < -0.39 is 5.60 Å². The lowest BCUT2D eigenvalue weighted by Gasteiger charge is -2.25. The highest BCUT2D eigenvalue weighted by molar-refractivity contribution is 7.14. The monoisotopic (exact) mass is 445 g/mol. The van der Waals surface area contributed by atoms with E-state index in [1.54, 1.807) is 0 Å². The number of carbonyl (C=O) groups is 1. The van der Waals surface area contributed by atoms with Crippen molar-refractivity contribution in [2.45, 2.75) is 58.8 Å². The van der Waals surface area contributed by atoms with Crippen LogP contribution in [0.15, 0.2) is 48.0 Å². The topological polar surface area (TPSA) is 56.1 Å². The minimum absolute atomic E-state index is 0.0915. The van der Waals surface area contributed by atoms with Gasteiger partial charge in [-0.05, 0) is 64.3 Å². The highest BCUT2D eigenvalue weighted by Gasteiger charge is 2.26. The largest absolute Gasteiger partial charge is 0.367 e. The number of hydrogen-bond donors (Lipinski definition) is 1. The molecular formula is C23H28ClN3O2S. The second-order valence-corrected chi connectivity index (χ2v) is 9.22. The van der Waals surface area contributed by atoms with Gasteiger partial charge in [-0.3, -0.25) is 10.1 Å². The minimum atomic E-state index is -0.507. The van der Waals surface area contributed by atoms with Crippen molar-refractivity contribution < 1.29 is 9.53 Å². The SMILES string of the molecule is CC(C)OC(C)(C)c1csc(NC(=O)c2cccn2CCCc2ccccc2Cl)n1. The number of aromatic nitrogens is 2. The Morgan fingerprint density at radius 1 is 1.27 bits per heavy atom. The highest BCUT2D eigenvalue weighted by atomic mass is 35.5. The summed E-state index contributed by atoms with van der Waals surface area (Å²) in [6.07, 6.45) is 3.77. The summed E-state index contributed by atoms with van der Waals surface area (Å²) < 4.78 is 7.91. The Kier molecular flexibility index (Phi) is 7.34. The number of benzene rings is 1. The van der Waals surface area contributed by atoms with Crippen molar-refractivity contribution in [1.29, 1.82) is 0 Å². The smallest absolute Gasteiger partial charge is 0.274 e. The van der Waals surface area contributed by atoms with Gasteiger partial charge in [0.05, 0.1) is 11.8 Å². The Morgan fingerprint density at radius 2 is 2.03 bits per heavy atom. The molecule has 0 saturated carbocycles. The summed E-state index contributed by atoms with van der Waals surface area (Å²) >= 11 is 7.64. The van der Waals surface area contributed by atoms with E-state index in [9.17, 15) is 4.79 Å². The van der Waals surface area contributed by atoms with Gasteiger partial charge in [-0.2, -0.15) is 0 Å². The molecule has 0 atom stereocenters. The van der Waals surface area contributed by atoms with E-state index in [0.717, 1.165) is 35.7 Å². The molecule has 0 radical (unpaired) electrons. The minimum Gasteiger partial charge on any atom is -0.367 e. The van der Waals surface area contributed by atoms with Crippen LogP contribution < -0.4 is 5.32 Å². The van der Waals surface area contributed by atoms with Crippen LogP contribution in [-0.4, -0.2) is 21.6 Å². The van der Waals surface area contributed by atoms with Crippen LogP contribution in [0, 0.1) is 0 Å². The van der Waals surface area contributed by atoms with Crippen LogP contribution >= 0.6 is 22.9 Å². The molecule has 0 saturated heterocycles. The summed E-state index contributed by atoms with van der Waals surface area (Å²) in [7, 11) is 0. The van der Waals surface area contributed by atoms with E-state index in [1.807, 2.05) is 80.2 Å².